The largest absolute Gasteiger partial charge is 0.480 e. The second kappa shape index (κ2) is 12.8. The number of hydrogen-bond acceptors (Lipinski definition) is 7. The zero-order valence-corrected chi connectivity index (χ0v) is 23.8. The van der Waals surface area contributed by atoms with E-state index in [1.807, 2.05) is 30.3 Å². The molecule has 9 nitrogen and oxygen atoms in total. The summed E-state index contributed by atoms with van der Waals surface area (Å²) in [4.78, 5) is 51.4. The van der Waals surface area contributed by atoms with Crippen molar-refractivity contribution in [3.05, 3.63) is 110 Å². The number of carbonyl (C=O) groups excluding carboxylic acids is 3. The summed E-state index contributed by atoms with van der Waals surface area (Å²) in [5.74, 6) is -1.40. The fourth-order valence-electron chi connectivity index (χ4n) is 4.29. The molecule has 1 atom stereocenters. The summed E-state index contributed by atoms with van der Waals surface area (Å²) in [6.45, 7) is 1.40. The number of methoxy groups -OCH3 is 2. The summed E-state index contributed by atoms with van der Waals surface area (Å²) in [5.41, 5.74) is 1.57. The number of amides is 1. The molecule has 0 aliphatic rings. The zero-order valence-electron chi connectivity index (χ0n) is 22.3. The van der Waals surface area contributed by atoms with Gasteiger partial charge in [-0.2, -0.15) is 0 Å². The van der Waals surface area contributed by atoms with Crippen LogP contribution in [0, 0.1) is 0 Å². The van der Waals surface area contributed by atoms with Gasteiger partial charge in [0.2, 0.25) is 11.8 Å². The molecule has 41 heavy (non-hydrogen) atoms. The fraction of sp³-hybridized carbons (Fsp3) is 0.167. The van der Waals surface area contributed by atoms with Crippen molar-refractivity contribution in [3.8, 4) is 17.0 Å². The van der Waals surface area contributed by atoms with Crippen LogP contribution in [-0.4, -0.2) is 41.7 Å². The molecule has 0 bridgehead atoms. The molecule has 0 aliphatic heterocycles. The Morgan fingerprint density at radius 3 is 2.27 bits per heavy atom. The Labute approximate surface area is 245 Å². The van der Waals surface area contributed by atoms with Gasteiger partial charge in [-0.05, 0) is 54.4 Å². The average Bonchev–Trinajstić information content (AvgIpc) is 2.96. The normalized spacial score (nSPS) is 11.4. The first-order valence-electron chi connectivity index (χ1n) is 12.3. The molecule has 0 saturated carbocycles. The smallest absolute Gasteiger partial charge is 0.339 e. The maximum absolute atomic E-state index is 13.7. The number of esters is 1. The highest BCUT2D eigenvalue weighted by Crippen LogP contribution is 2.33. The maximum atomic E-state index is 13.7. The number of aromatic nitrogens is 2. The van der Waals surface area contributed by atoms with Crippen LogP contribution in [-0.2, 0) is 16.0 Å². The predicted molar refractivity (Wildman–Crippen MR) is 156 cm³/mol. The number of anilines is 1. The van der Waals surface area contributed by atoms with Crippen molar-refractivity contribution in [2.75, 3.05) is 19.5 Å². The molecule has 11 heteroatoms. The van der Waals surface area contributed by atoms with Crippen molar-refractivity contribution >= 4 is 46.5 Å². The highest BCUT2D eigenvalue weighted by molar-refractivity contribution is 6.34. The van der Waals surface area contributed by atoms with Crippen molar-refractivity contribution in [2.24, 2.45) is 0 Å². The van der Waals surface area contributed by atoms with Gasteiger partial charge in [0, 0.05) is 28.8 Å². The summed E-state index contributed by atoms with van der Waals surface area (Å²) in [6.07, 6.45) is 0.117. The molecule has 1 aromatic heterocycles. The van der Waals surface area contributed by atoms with Crippen LogP contribution in [0.1, 0.15) is 39.2 Å². The summed E-state index contributed by atoms with van der Waals surface area (Å²) in [6, 6.07) is 18.3. The third-order valence-electron chi connectivity index (χ3n) is 6.28. The number of nitrogens with zero attached hydrogens (tertiary/aromatic N) is 2. The topological polar surface area (TPSA) is 117 Å². The number of nitrogens with one attached hydrogen (secondary N) is 1. The summed E-state index contributed by atoms with van der Waals surface area (Å²) in [5, 5.41) is 7.59. The Bertz CT molecular complexity index is 1690. The van der Waals surface area contributed by atoms with Crippen molar-refractivity contribution < 1.29 is 23.9 Å². The van der Waals surface area contributed by atoms with E-state index in [1.54, 1.807) is 18.2 Å². The number of rotatable bonds is 9. The van der Waals surface area contributed by atoms with Gasteiger partial charge in [-0.15, -0.1) is 5.10 Å². The molecular weight excluding hydrogens is 569 g/mol. The van der Waals surface area contributed by atoms with Gasteiger partial charge in [-0.3, -0.25) is 14.4 Å². The number of Topliss-reactive ketones (excluding diaryl/α,β-unsaturated/α-hetero) is 1. The molecule has 1 amide bonds. The van der Waals surface area contributed by atoms with E-state index in [0.717, 1.165) is 10.2 Å². The third kappa shape index (κ3) is 6.65. The van der Waals surface area contributed by atoms with Crippen LogP contribution in [0.15, 0.2) is 77.6 Å². The van der Waals surface area contributed by atoms with Crippen molar-refractivity contribution in [2.45, 2.75) is 19.4 Å². The molecule has 0 radical (unpaired) electrons. The monoisotopic (exact) mass is 593 g/mol. The van der Waals surface area contributed by atoms with E-state index < -0.39 is 23.5 Å². The van der Waals surface area contributed by atoms with Gasteiger partial charge in [-0.1, -0.05) is 53.5 Å². The second-order valence-electron chi connectivity index (χ2n) is 8.98. The number of ketones is 1. The Hall–Kier alpha value is -4.47. The number of carbonyl (C=O) groups is 3. The van der Waals surface area contributed by atoms with E-state index in [9.17, 15) is 19.2 Å². The lowest BCUT2D eigenvalue weighted by molar-refractivity contribution is -0.119. The Morgan fingerprint density at radius 2 is 1.63 bits per heavy atom. The Morgan fingerprint density at radius 1 is 0.927 bits per heavy atom. The van der Waals surface area contributed by atoms with Gasteiger partial charge >= 0.3 is 5.97 Å². The standard InChI is InChI=1S/C30H25Cl2N3O6/c1-17(36)21-11-9-19(31)14-23(21)24-16-27(37)35(34-29(24)40-2)26(13-18-7-5-4-6-8-18)28(38)33-20-10-12-22(25(32)15-20)30(39)41-3/h4-12,14-16,26H,13H2,1-3H3,(H,33,38)/t26-/m0/s1. The quantitative estimate of drug-likeness (QED) is 0.197. The average molecular weight is 594 g/mol. The van der Waals surface area contributed by atoms with Gasteiger partial charge < -0.3 is 14.8 Å². The third-order valence-corrected chi connectivity index (χ3v) is 6.83. The fourth-order valence-corrected chi connectivity index (χ4v) is 4.72. The first-order chi connectivity index (χ1) is 19.6. The van der Waals surface area contributed by atoms with Crippen molar-refractivity contribution in [1.29, 1.82) is 0 Å². The predicted octanol–water partition coefficient (Wildman–Crippen LogP) is 5.64. The molecule has 4 aromatic rings. The van der Waals surface area contributed by atoms with E-state index in [0.29, 0.717) is 21.8 Å². The Balaban J connectivity index is 1.79. The molecule has 0 saturated heterocycles. The summed E-state index contributed by atoms with van der Waals surface area (Å²) < 4.78 is 11.3. The van der Waals surface area contributed by atoms with Crippen LogP contribution >= 0.6 is 23.2 Å². The second-order valence-corrected chi connectivity index (χ2v) is 9.82. The lowest BCUT2D eigenvalue weighted by Gasteiger charge is -2.21. The first kappa shape index (κ1) is 29.5. The highest BCUT2D eigenvalue weighted by Gasteiger charge is 2.27. The number of ether oxygens (including phenoxy) is 2. The molecule has 210 valence electrons. The maximum Gasteiger partial charge on any atom is 0.339 e. The van der Waals surface area contributed by atoms with E-state index in [-0.39, 0.29) is 34.2 Å². The van der Waals surface area contributed by atoms with Gasteiger partial charge in [0.05, 0.1) is 30.4 Å². The lowest BCUT2D eigenvalue weighted by Crippen LogP contribution is -2.36. The molecule has 1 N–H and O–H groups in total. The molecule has 0 fully saturated rings. The molecule has 0 unspecified atom stereocenters. The summed E-state index contributed by atoms with van der Waals surface area (Å²) >= 11 is 12.4. The van der Waals surface area contributed by atoms with Gasteiger partial charge in [0.15, 0.2) is 5.78 Å². The lowest BCUT2D eigenvalue weighted by atomic mass is 9.98. The van der Waals surface area contributed by atoms with Crippen LogP contribution in [0.25, 0.3) is 11.1 Å². The first-order valence-corrected chi connectivity index (χ1v) is 13.1. The Kier molecular flexibility index (Phi) is 9.21. The van der Waals surface area contributed by atoms with Crippen LogP contribution in [0.5, 0.6) is 5.88 Å². The van der Waals surface area contributed by atoms with Crippen LogP contribution in [0.4, 0.5) is 5.69 Å². The minimum atomic E-state index is -1.11. The van der Waals surface area contributed by atoms with Crippen LogP contribution in [0.2, 0.25) is 10.0 Å². The molecule has 4 rings (SSSR count). The van der Waals surface area contributed by atoms with E-state index in [2.05, 4.69) is 10.4 Å². The SMILES string of the molecule is COC(=O)c1ccc(NC(=O)[C@H](Cc2ccccc2)n2nc(OC)c(-c3cc(Cl)ccc3C(C)=O)cc2=O)cc1Cl. The van der Waals surface area contributed by atoms with E-state index in [1.165, 1.54) is 45.4 Å². The minimum Gasteiger partial charge on any atom is -0.480 e. The molecule has 0 spiro atoms. The summed E-state index contributed by atoms with van der Waals surface area (Å²) in [7, 11) is 2.61. The van der Waals surface area contributed by atoms with E-state index in [4.69, 9.17) is 32.7 Å². The van der Waals surface area contributed by atoms with Gasteiger partial charge in [0.1, 0.15) is 6.04 Å². The van der Waals surface area contributed by atoms with Crippen molar-refractivity contribution in [3.63, 3.8) is 0 Å². The number of hydrogen-bond donors (Lipinski definition) is 1. The minimum absolute atomic E-state index is 0.0192. The number of benzene rings is 3. The highest BCUT2D eigenvalue weighted by atomic mass is 35.5. The molecule has 1 heterocycles. The molecule has 3 aromatic carbocycles. The van der Waals surface area contributed by atoms with Gasteiger partial charge in [0.25, 0.3) is 5.56 Å². The van der Waals surface area contributed by atoms with Crippen molar-refractivity contribution in [1.82, 2.24) is 9.78 Å². The molecule has 0 aliphatic carbocycles. The van der Waals surface area contributed by atoms with Crippen LogP contribution < -0.4 is 15.6 Å². The molecular formula is C30H25Cl2N3O6. The number of halogens is 2. The zero-order chi connectivity index (χ0) is 29.7. The van der Waals surface area contributed by atoms with Crippen LogP contribution in [0.3, 0.4) is 0 Å². The van der Waals surface area contributed by atoms with E-state index >= 15 is 0 Å². The van der Waals surface area contributed by atoms with Gasteiger partial charge in [-0.25, -0.2) is 9.48 Å².